The maximum atomic E-state index is 16.0. The van der Waals surface area contributed by atoms with Crippen molar-refractivity contribution in [3.8, 4) is 0 Å². The first-order valence-corrected chi connectivity index (χ1v) is 23.4. The van der Waals surface area contributed by atoms with Crippen molar-refractivity contribution in [2.24, 2.45) is 5.41 Å². The van der Waals surface area contributed by atoms with Crippen LogP contribution < -0.4 is 5.32 Å². The van der Waals surface area contributed by atoms with E-state index in [4.69, 9.17) is 23.8 Å². The molecule has 376 valence electrons. The minimum Gasteiger partial charge on any atom is -0.460 e. The molecular weight excluding hydrogens is 928 g/mol. The van der Waals surface area contributed by atoms with Crippen LogP contribution in [-0.4, -0.2) is 119 Å². The topological polar surface area (TPSA) is 179 Å². The van der Waals surface area contributed by atoms with Gasteiger partial charge in [0, 0.05) is 43.5 Å². The molecule has 3 saturated heterocycles. The number of halogens is 3. The predicted molar refractivity (Wildman–Crippen MR) is 248 cm³/mol. The average molecular weight is 984 g/mol. The van der Waals surface area contributed by atoms with Crippen molar-refractivity contribution in [2.75, 3.05) is 20.3 Å². The standard InChI is InChI=1S/C53H56F3N3O12/c1-50(2,3)68-42(62)27-25-38(31-60)57-47(63)39(28-33-16-8-5-9-17-33)58(4)49(65)51-29-40-43-44(70-53(69-43,36-20-10-6-11-21-36)37-22-12-7-13-23-37)46(51)71-59(45(51)48(64)67-40)30-35-19-15-14-18-34(35)24-26-41(61)66-32-52(54,55)56/h5-24,26,38-40,43-46,60H,25,27-32H2,1-4H3,(H,57,63). The van der Waals surface area contributed by atoms with Gasteiger partial charge in [-0.1, -0.05) is 115 Å². The Kier molecular flexibility index (Phi) is 14.9. The highest BCUT2D eigenvalue weighted by atomic mass is 19.4. The summed E-state index contributed by atoms with van der Waals surface area (Å²) in [5.41, 5.74) is 0.178. The van der Waals surface area contributed by atoms with Crippen LogP contribution in [0.4, 0.5) is 13.2 Å². The lowest BCUT2D eigenvalue weighted by Gasteiger charge is -2.50. The number of aliphatic hydroxyl groups excluding tert-OH is 1. The molecule has 8 atom stereocenters. The molecule has 1 saturated carbocycles. The summed E-state index contributed by atoms with van der Waals surface area (Å²) >= 11 is 0. The smallest absolute Gasteiger partial charge is 0.422 e. The van der Waals surface area contributed by atoms with Crippen LogP contribution in [0.5, 0.6) is 0 Å². The number of nitrogens with one attached hydrogen (secondary N) is 1. The third-order valence-corrected chi connectivity index (χ3v) is 13.1. The molecule has 4 fully saturated rings. The summed E-state index contributed by atoms with van der Waals surface area (Å²) in [5, 5.41) is 14.6. The quantitative estimate of drug-likeness (QED) is 0.0720. The Balaban J connectivity index is 1.18. The van der Waals surface area contributed by atoms with E-state index in [9.17, 15) is 37.5 Å². The van der Waals surface area contributed by atoms with Crippen molar-refractivity contribution < 1.29 is 70.8 Å². The fourth-order valence-electron chi connectivity index (χ4n) is 9.94. The second kappa shape index (κ2) is 20.7. The van der Waals surface area contributed by atoms with E-state index in [1.165, 1.54) is 23.1 Å². The van der Waals surface area contributed by atoms with E-state index < -0.39 is 108 Å². The minimum absolute atomic E-state index is 0.00485. The van der Waals surface area contributed by atoms with Gasteiger partial charge in [0.25, 0.3) is 0 Å². The van der Waals surface area contributed by atoms with E-state index in [-0.39, 0.29) is 32.2 Å². The van der Waals surface area contributed by atoms with Gasteiger partial charge in [-0.05, 0) is 50.0 Å². The van der Waals surface area contributed by atoms with Gasteiger partial charge in [-0.3, -0.25) is 24.0 Å². The van der Waals surface area contributed by atoms with Crippen molar-refractivity contribution in [3.05, 3.63) is 149 Å². The van der Waals surface area contributed by atoms with E-state index in [0.717, 1.165) is 6.08 Å². The summed E-state index contributed by atoms with van der Waals surface area (Å²) in [6, 6.07) is 30.3. The lowest BCUT2D eigenvalue weighted by atomic mass is 9.62. The molecular formula is C53H56F3N3O12. The number of ether oxygens (including phenoxy) is 5. The van der Waals surface area contributed by atoms with E-state index in [2.05, 4.69) is 10.1 Å². The van der Waals surface area contributed by atoms with Gasteiger partial charge in [0.05, 0.1) is 19.2 Å². The summed E-state index contributed by atoms with van der Waals surface area (Å²) in [6.45, 7) is 2.69. The predicted octanol–water partition coefficient (Wildman–Crippen LogP) is 5.96. The zero-order valence-corrected chi connectivity index (χ0v) is 39.6. The van der Waals surface area contributed by atoms with Crippen LogP contribution in [0.2, 0.25) is 0 Å². The Morgan fingerprint density at radius 3 is 2.11 bits per heavy atom. The van der Waals surface area contributed by atoms with Gasteiger partial charge in [0.1, 0.15) is 41.5 Å². The van der Waals surface area contributed by atoms with Gasteiger partial charge in [0.15, 0.2) is 12.6 Å². The number of likely N-dealkylation sites (N-methyl/N-ethyl adjacent to an activating group) is 1. The third-order valence-electron chi connectivity index (χ3n) is 13.1. The molecule has 1 aliphatic carbocycles. The number of fused-ring (bicyclic) bond motifs is 4. The summed E-state index contributed by atoms with van der Waals surface area (Å²) in [5.74, 6) is -5.43. The number of amides is 2. The number of carbonyl (C=O) groups excluding carboxylic acids is 5. The molecule has 0 radical (unpaired) electrons. The number of aliphatic hydroxyl groups is 1. The van der Waals surface area contributed by atoms with Gasteiger partial charge >= 0.3 is 24.1 Å². The fourth-order valence-corrected chi connectivity index (χ4v) is 9.94. The highest BCUT2D eigenvalue weighted by Gasteiger charge is 2.77. The first kappa shape index (κ1) is 50.9. The maximum absolute atomic E-state index is 16.0. The van der Waals surface area contributed by atoms with Crippen LogP contribution in [0.3, 0.4) is 0 Å². The number of alkyl halides is 3. The first-order chi connectivity index (χ1) is 33.8. The largest absolute Gasteiger partial charge is 0.460 e. The highest BCUT2D eigenvalue weighted by molar-refractivity contribution is 5.96. The molecule has 71 heavy (non-hydrogen) atoms. The molecule has 2 amide bonds. The molecule has 18 heteroatoms. The molecule has 8 rings (SSSR count). The molecule has 3 heterocycles. The van der Waals surface area contributed by atoms with Crippen LogP contribution in [-0.2, 0) is 71.2 Å². The maximum Gasteiger partial charge on any atom is 0.422 e. The van der Waals surface area contributed by atoms with Crippen LogP contribution in [0.1, 0.15) is 67.9 Å². The average Bonchev–Trinajstić information content (AvgIpc) is 3.93. The first-order valence-electron chi connectivity index (χ1n) is 23.4. The van der Waals surface area contributed by atoms with Gasteiger partial charge in [-0.25, -0.2) is 4.79 Å². The number of rotatable bonds is 17. The van der Waals surface area contributed by atoms with Crippen molar-refractivity contribution in [2.45, 2.75) is 113 Å². The van der Waals surface area contributed by atoms with E-state index in [0.29, 0.717) is 27.8 Å². The third kappa shape index (κ3) is 10.9. The zero-order valence-electron chi connectivity index (χ0n) is 39.6. The Morgan fingerprint density at radius 1 is 0.887 bits per heavy atom. The van der Waals surface area contributed by atoms with E-state index in [1.54, 1.807) is 69.3 Å². The molecule has 2 N–H and O–H groups in total. The number of hydroxylamine groups is 2. The van der Waals surface area contributed by atoms with Crippen LogP contribution >= 0.6 is 0 Å². The number of hydrogen-bond acceptors (Lipinski definition) is 13. The fraction of sp³-hybridized carbons (Fsp3) is 0.415. The molecule has 3 aliphatic heterocycles. The van der Waals surface area contributed by atoms with E-state index in [1.807, 2.05) is 66.7 Å². The van der Waals surface area contributed by atoms with Crippen LogP contribution in [0, 0.1) is 5.41 Å². The number of hydrogen-bond donors (Lipinski definition) is 2. The number of benzene rings is 4. The lowest BCUT2D eigenvalue weighted by molar-refractivity contribution is -0.214. The molecule has 0 spiro atoms. The second-order valence-electron chi connectivity index (χ2n) is 19.1. The molecule has 4 aromatic carbocycles. The number of nitrogens with zero attached hydrogens (tertiary/aromatic N) is 2. The van der Waals surface area contributed by atoms with Crippen molar-refractivity contribution >= 4 is 35.8 Å². The molecule has 15 nitrogen and oxygen atoms in total. The van der Waals surface area contributed by atoms with E-state index >= 15 is 4.79 Å². The van der Waals surface area contributed by atoms with Crippen molar-refractivity contribution in [1.82, 2.24) is 15.3 Å². The summed E-state index contributed by atoms with van der Waals surface area (Å²) in [6.07, 6.45) is -7.17. The number of carbonyl (C=O) groups is 5. The van der Waals surface area contributed by atoms with Gasteiger partial charge in [-0.2, -0.15) is 18.2 Å². The van der Waals surface area contributed by atoms with Crippen molar-refractivity contribution in [1.29, 1.82) is 0 Å². The second-order valence-corrected chi connectivity index (χ2v) is 19.1. The Labute approximate surface area is 408 Å². The van der Waals surface area contributed by atoms with Crippen molar-refractivity contribution in [3.63, 3.8) is 0 Å². The Hall–Kier alpha value is -6.44. The number of esters is 3. The Morgan fingerprint density at radius 2 is 1.49 bits per heavy atom. The molecule has 4 aromatic rings. The van der Waals surface area contributed by atoms with Crippen LogP contribution in [0.15, 0.2) is 121 Å². The molecule has 0 aromatic heterocycles. The summed E-state index contributed by atoms with van der Waals surface area (Å²) < 4.78 is 68.7. The van der Waals surface area contributed by atoms with Gasteiger partial charge in [0.2, 0.25) is 17.6 Å². The molecule has 8 unspecified atom stereocenters. The summed E-state index contributed by atoms with van der Waals surface area (Å²) in [7, 11) is 1.46. The minimum atomic E-state index is -4.73. The lowest BCUT2D eigenvalue weighted by Crippen LogP contribution is -2.70. The SMILES string of the molecule is CN(C(=O)C12CC3OC(=O)C1N(Cc1ccccc1C=CC(=O)OCC(F)(F)F)OC2C1OC(c2ccccc2)(c2ccccc2)OC31)C(Cc1ccccc1)C(=O)NC(CO)CCC(=O)OC(C)(C)C. The molecule has 2 bridgehead atoms. The normalized spacial score (nSPS) is 24.3. The van der Waals surface area contributed by atoms with Crippen LogP contribution in [0.25, 0.3) is 6.08 Å². The summed E-state index contributed by atoms with van der Waals surface area (Å²) in [4.78, 5) is 78.7. The zero-order chi connectivity index (χ0) is 50.7. The molecule has 4 aliphatic rings. The monoisotopic (exact) mass is 983 g/mol. The highest BCUT2D eigenvalue weighted by Crippen LogP contribution is 2.60. The Bertz CT molecular complexity index is 2560. The van der Waals surface area contributed by atoms with Gasteiger partial charge in [-0.15, -0.1) is 0 Å². The van der Waals surface area contributed by atoms with Gasteiger partial charge < -0.3 is 39.0 Å².